The zero-order valence-corrected chi connectivity index (χ0v) is 14.3. The Morgan fingerprint density at radius 2 is 2.25 bits per heavy atom. The average Bonchev–Trinajstić information content (AvgIpc) is 3.09. The standard InChI is InChI=1S/C17H27N5O2/c1-13-9-19-22(10-13)11-14-5-4-8-21(14)12-16(23)20-15-6-2-3-7-18-17(15)24/h9-10,14-15H,2-8,11-12H2,1H3,(H,18,24)(H,20,23)/t14-,15-/m1/s1. The van der Waals surface area contributed by atoms with Gasteiger partial charge in [-0.15, -0.1) is 0 Å². The Hall–Kier alpha value is -1.89. The second kappa shape index (κ2) is 7.79. The molecule has 24 heavy (non-hydrogen) atoms. The van der Waals surface area contributed by atoms with Gasteiger partial charge in [0, 0.05) is 18.8 Å². The zero-order valence-electron chi connectivity index (χ0n) is 14.3. The summed E-state index contributed by atoms with van der Waals surface area (Å²) in [6.07, 6.45) is 8.75. The number of hydrogen-bond acceptors (Lipinski definition) is 4. The number of aromatic nitrogens is 2. The van der Waals surface area contributed by atoms with Crippen molar-refractivity contribution in [3.05, 3.63) is 18.0 Å². The van der Waals surface area contributed by atoms with Crippen LogP contribution in [0.4, 0.5) is 0 Å². The van der Waals surface area contributed by atoms with Crippen molar-refractivity contribution in [1.82, 2.24) is 25.3 Å². The molecule has 3 heterocycles. The van der Waals surface area contributed by atoms with Crippen LogP contribution in [0.2, 0.25) is 0 Å². The first-order chi connectivity index (χ1) is 11.6. The van der Waals surface area contributed by atoms with E-state index in [0.717, 1.165) is 50.8 Å². The van der Waals surface area contributed by atoms with Gasteiger partial charge in [-0.2, -0.15) is 5.10 Å². The minimum atomic E-state index is -0.380. The number of likely N-dealkylation sites (tertiary alicyclic amines) is 1. The van der Waals surface area contributed by atoms with Gasteiger partial charge in [-0.3, -0.25) is 19.2 Å². The third-order valence-corrected chi connectivity index (χ3v) is 4.88. The second-order valence-electron chi connectivity index (χ2n) is 6.91. The quantitative estimate of drug-likeness (QED) is 0.819. The molecule has 2 atom stereocenters. The van der Waals surface area contributed by atoms with Crippen molar-refractivity contribution in [3.63, 3.8) is 0 Å². The van der Waals surface area contributed by atoms with E-state index in [4.69, 9.17) is 0 Å². The van der Waals surface area contributed by atoms with Crippen LogP contribution in [-0.4, -0.2) is 58.2 Å². The predicted molar refractivity (Wildman–Crippen MR) is 90.4 cm³/mol. The minimum Gasteiger partial charge on any atom is -0.354 e. The number of aryl methyl sites for hydroxylation is 1. The van der Waals surface area contributed by atoms with Gasteiger partial charge in [0.1, 0.15) is 6.04 Å². The lowest BCUT2D eigenvalue weighted by molar-refractivity contribution is -0.129. The summed E-state index contributed by atoms with van der Waals surface area (Å²) in [6.45, 7) is 4.83. The maximum atomic E-state index is 12.4. The van der Waals surface area contributed by atoms with Gasteiger partial charge in [-0.1, -0.05) is 0 Å². The molecule has 2 aliphatic heterocycles. The summed E-state index contributed by atoms with van der Waals surface area (Å²) in [6, 6.07) is -0.0483. The van der Waals surface area contributed by atoms with Gasteiger partial charge in [0.25, 0.3) is 0 Å². The zero-order chi connectivity index (χ0) is 16.9. The van der Waals surface area contributed by atoms with Crippen molar-refractivity contribution in [2.45, 2.75) is 57.7 Å². The highest BCUT2D eigenvalue weighted by Gasteiger charge is 2.28. The highest BCUT2D eigenvalue weighted by Crippen LogP contribution is 2.18. The van der Waals surface area contributed by atoms with E-state index in [2.05, 4.69) is 20.6 Å². The molecule has 132 valence electrons. The molecule has 0 radical (unpaired) electrons. The Morgan fingerprint density at radius 3 is 3.04 bits per heavy atom. The van der Waals surface area contributed by atoms with E-state index in [1.54, 1.807) is 0 Å². The minimum absolute atomic E-state index is 0.0501. The van der Waals surface area contributed by atoms with Gasteiger partial charge in [0.15, 0.2) is 0 Å². The largest absolute Gasteiger partial charge is 0.354 e. The molecule has 2 fully saturated rings. The van der Waals surface area contributed by atoms with E-state index in [9.17, 15) is 9.59 Å². The Bertz CT molecular complexity index is 585. The molecule has 2 aliphatic rings. The molecule has 0 bridgehead atoms. The fraction of sp³-hybridized carbons (Fsp3) is 0.706. The van der Waals surface area contributed by atoms with Crippen LogP contribution in [-0.2, 0) is 16.1 Å². The Morgan fingerprint density at radius 1 is 1.38 bits per heavy atom. The third kappa shape index (κ3) is 4.35. The van der Waals surface area contributed by atoms with Crippen molar-refractivity contribution in [1.29, 1.82) is 0 Å². The topological polar surface area (TPSA) is 79.3 Å². The number of hydrogen-bond donors (Lipinski definition) is 2. The molecule has 0 saturated carbocycles. The van der Waals surface area contributed by atoms with Crippen LogP contribution in [0.25, 0.3) is 0 Å². The molecule has 2 amide bonds. The molecule has 0 unspecified atom stereocenters. The molecular formula is C17H27N5O2. The van der Waals surface area contributed by atoms with Crippen molar-refractivity contribution >= 4 is 11.8 Å². The van der Waals surface area contributed by atoms with Gasteiger partial charge in [0.05, 0.1) is 19.3 Å². The summed E-state index contributed by atoms with van der Waals surface area (Å²) in [5.41, 5.74) is 1.15. The van der Waals surface area contributed by atoms with Gasteiger partial charge >= 0.3 is 0 Å². The maximum absolute atomic E-state index is 12.4. The monoisotopic (exact) mass is 333 g/mol. The van der Waals surface area contributed by atoms with Crippen LogP contribution >= 0.6 is 0 Å². The summed E-state index contributed by atoms with van der Waals surface area (Å²) in [5, 5.41) is 10.1. The molecule has 2 N–H and O–H groups in total. The lowest BCUT2D eigenvalue weighted by atomic mass is 10.1. The predicted octanol–water partition coefficient (Wildman–Crippen LogP) is 0.441. The number of carbonyl (C=O) groups is 2. The normalized spacial score (nSPS) is 25.3. The molecule has 2 saturated heterocycles. The van der Waals surface area contributed by atoms with Gasteiger partial charge in [-0.05, 0) is 51.1 Å². The molecule has 0 aromatic carbocycles. The van der Waals surface area contributed by atoms with Crippen LogP contribution < -0.4 is 10.6 Å². The fourth-order valence-electron chi connectivity index (χ4n) is 3.59. The first-order valence-electron chi connectivity index (χ1n) is 8.92. The number of carbonyl (C=O) groups excluding carboxylic acids is 2. The first kappa shape index (κ1) is 17.0. The van der Waals surface area contributed by atoms with Crippen LogP contribution in [0.1, 0.15) is 37.7 Å². The molecule has 0 aliphatic carbocycles. The molecule has 1 aromatic heterocycles. The lowest BCUT2D eigenvalue weighted by Gasteiger charge is -2.25. The molecule has 7 nitrogen and oxygen atoms in total. The van der Waals surface area contributed by atoms with Crippen LogP contribution in [0, 0.1) is 6.92 Å². The van der Waals surface area contributed by atoms with E-state index >= 15 is 0 Å². The first-order valence-corrected chi connectivity index (χ1v) is 8.92. The van der Waals surface area contributed by atoms with E-state index in [0.29, 0.717) is 19.1 Å². The summed E-state index contributed by atoms with van der Waals surface area (Å²) >= 11 is 0. The summed E-state index contributed by atoms with van der Waals surface area (Å²) < 4.78 is 1.95. The fourth-order valence-corrected chi connectivity index (χ4v) is 3.59. The highest BCUT2D eigenvalue weighted by molar-refractivity contribution is 5.88. The molecular weight excluding hydrogens is 306 g/mol. The van der Waals surface area contributed by atoms with Crippen molar-refractivity contribution in [3.8, 4) is 0 Å². The molecule has 1 aromatic rings. The number of rotatable bonds is 5. The molecule has 3 rings (SSSR count). The summed E-state index contributed by atoms with van der Waals surface area (Å²) in [4.78, 5) is 26.5. The van der Waals surface area contributed by atoms with E-state index in [-0.39, 0.29) is 17.9 Å². The summed E-state index contributed by atoms with van der Waals surface area (Å²) in [7, 11) is 0. The van der Waals surface area contributed by atoms with Gasteiger partial charge in [-0.25, -0.2) is 0 Å². The van der Waals surface area contributed by atoms with E-state index in [1.807, 2.05) is 24.0 Å². The van der Waals surface area contributed by atoms with Crippen LogP contribution in [0.15, 0.2) is 12.4 Å². The lowest BCUT2D eigenvalue weighted by Crippen LogP contribution is -2.49. The summed E-state index contributed by atoms with van der Waals surface area (Å²) in [5.74, 6) is -0.105. The Kier molecular flexibility index (Phi) is 5.50. The number of nitrogens with one attached hydrogen (secondary N) is 2. The average molecular weight is 333 g/mol. The van der Waals surface area contributed by atoms with Crippen molar-refractivity contribution in [2.24, 2.45) is 0 Å². The second-order valence-corrected chi connectivity index (χ2v) is 6.91. The number of nitrogens with zero attached hydrogens (tertiary/aromatic N) is 3. The van der Waals surface area contributed by atoms with Crippen molar-refractivity contribution < 1.29 is 9.59 Å². The smallest absolute Gasteiger partial charge is 0.242 e. The number of amides is 2. The highest BCUT2D eigenvalue weighted by atomic mass is 16.2. The third-order valence-electron chi connectivity index (χ3n) is 4.88. The van der Waals surface area contributed by atoms with Crippen LogP contribution in [0.5, 0.6) is 0 Å². The SMILES string of the molecule is Cc1cnn(C[C@H]2CCCN2CC(=O)N[C@@H]2CCCCNC2=O)c1. The maximum Gasteiger partial charge on any atom is 0.242 e. The van der Waals surface area contributed by atoms with Gasteiger partial charge in [0.2, 0.25) is 11.8 Å². The van der Waals surface area contributed by atoms with E-state index in [1.165, 1.54) is 0 Å². The van der Waals surface area contributed by atoms with E-state index < -0.39 is 0 Å². The van der Waals surface area contributed by atoms with Gasteiger partial charge < -0.3 is 10.6 Å². The molecule has 0 spiro atoms. The van der Waals surface area contributed by atoms with Crippen LogP contribution in [0.3, 0.4) is 0 Å². The Balaban J connectivity index is 1.51. The Labute approximate surface area is 142 Å². The van der Waals surface area contributed by atoms with Crippen molar-refractivity contribution in [2.75, 3.05) is 19.6 Å². The molecule has 7 heteroatoms.